The summed E-state index contributed by atoms with van der Waals surface area (Å²) in [6, 6.07) is -1.01. The van der Waals surface area contributed by atoms with E-state index >= 15 is 0 Å². The number of rotatable bonds is 9. The maximum atomic E-state index is 12.1. The van der Waals surface area contributed by atoms with Crippen molar-refractivity contribution in [2.75, 3.05) is 6.54 Å². The van der Waals surface area contributed by atoms with Gasteiger partial charge in [0.25, 0.3) is 0 Å². The topological polar surface area (TPSA) is 98.2 Å². The molecule has 19 heavy (non-hydrogen) atoms. The minimum atomic E-state index is -0.572. The predicted octanol–water partition coefficient (Wildman–Crippen LogP) is 0.809. The van der Waals surface area contributed by atoms with E-state index in [4.69, 9.17) is 11.5 Å². The highest BCUT2D eigenvalue weighted by molar-refractivity contribution is 5.91. The van der Waals surface area contributed by atoms with Crippen LogP contribution in [0.5, 0.6) is 0 Å². The Morgan fingerprint density at radius 1 is 1.11 bits per heavy atom. The van der Waals surface area contributed by atoms with Crippen LogP contribution in [0, 0.1) is 11.8 Å². The summed E-state index contributed by atoms with van der Waals surface area (Å²) in [5, 5.41) is 2.78. The Hall–Kier alpha value is -0.940. The van der Waals surface area contributed by atoms with E-state index in [1.54, 1.807) is 0 Å². The van der Waals surface area contributed by atoms with Gasteiger partial charge in [0.1, 0.15) is 0 Å². The molecule has 2 atom stereocenters. The Morgan fingerprint density at radius 2 is 1.68 bits per heavy atom. The van der Waals surface area contributed by atoms with Crippen LogP contribution < -0.4 is 16.8 Å². The van der Waals surface area contributed by atoms with Crippen molar-refractivity contribution >= 4 is 11.7 Å². The standard InChI is InChI=1S/C14H29N3O2/c1-9(2)12(16)14(19)17-11(7-5-6-8-15)13(18)10(3)4/h9-12H,5-8,15-16H2,1-4H3,(H,17,19)/t11-,12?/m0/s1. The second kappa shape index (κ2) is 9.04. The summed E-state index contributed by atoms with van der Waals surface area (Å²) in [5.41, 5.74) is 11.2. The fraction of sp³-hybridized carbons (Fsp3) is 0.857. The number of hydrogen-bond acceptors (Lipinski definition) is 4. The molecule has 0 saturated carbocycles. The molecule has 1 unspecified atom stereocenters. The molecular weight excluding hydrogens is 242 g/mol. The number of carbonyl (C=O) groups is 2. The first kappa shape index (κ1) is 18.1. The van der Waals surface area contributed by atoms with Gasteiger partial charge in [-0.25, -0.2) is 0 Å². The average molecular weight is 271 g/mol. The van der Waals surface area contributed by atoms with E-state index in [2.05, 4.69) is 5.32 Å². The SMILES string of the molecule is CC(C)C(=O)[C@H](CCCCN)NC(=O)C(N)C(C)C. The third-order valence-electron chi connectivity index (χ3n) is 3.20. The van der Waals surface area contributed by atoms with Crippen LogP contribution >= 0.6 is 0 Å². The van der Waals surface area contributed by atoms with E-state index < -0.39 is 12.1 Å². The summed E-state index contributed by atoms with van der Waals surface area (Å²) in [5.74, 6) is -0.236. The van der Waals surface area contributed by atoms with Crippen LogP contribution in [-0.2, 0) is 9.59 Å². The Morgan fingerprint density at radius 3 is 2.11 bits per heavy atom. The van der Waals surface area contributed by atoms with E-state index in [0.717, 1.165) is 12.8 Å². The van der Waals surface area contributed by atoms with Gasteiger partial charge in [-0.3, -0.25) is 9.59 Å². The Bertz CT molecular complexity index is 290. The van der Waals surface area contributed by atoms with E-state index in [0.29, 0.717) is 13.0 Å². The van der Waals surface area contributed by atoms with Crippen LogP contribution in [-0.4, -0.2) is 30.3 Å². The number of Topliss-reactive ketones (excluding diaryl/α,β-unsaturated/α-hetero) is 1. The van der Waals surface area contributed by atoms with Gasteiger partial charge in [0.05, 0.1) is 12.1 Å². The van der Waals surface area contributed by atoms with Gasteiger partial charge in [0.2, 0.25) is 5.91 Å². The summed E-state index contributed by atoms with van der Waals surface area (Å²) in [6.07, 6.45) is 2.32. The second-order valence-electron chi connectivity index (χ2n) is 5.67. The first-order chi connectivity index (χ1) is 8.81. The van der Waals surface area contributed by atoms with Crippen LogP contribution in [0.25, 0.3) is 0 Å². The summed E-state index contributed by atoms with van der Waals surface area (Å²) >= 11 is 0. The van der Waals surface area contributed by atoms with Crippen LogP contribution in [0.2, 0.25) is 0 Å². The minimum Gasteiger partial charge on any atom is -0.345 e. The van der Waals surface area contributed by atoms with Gasteiger partial charge in [-0.05, 0) is 31.7 Å². The molecule has 0 fully saturated rings. The molecule has 1 amide bonds. The number of unbranched alkanes of at least 4 members (excludes halogenated alkanes) is 1. The zero-order valence-corrected chi connectivity index (χ0v) is 12.6. The molecule has 0 aromatic rings. The summed E-state index contributed by atoms with van der Waals surface area (Å²) in [4.78, 5) is 24.0. The smallest absolute Gasteiger partial charge is 0.237 e. The van der Waals surface area contributed by atoms with Gasteiger partial charge in [-0.1, -0.05) is 27.7 Å². The molecular formula is C14H29N3O2. The van der Waals surface area contributed by atoms with Gasteiger partial charge in [-0.2, -0.15) is 0 Å². The molecule has 0 spiro atoms. The first-order valence-corrected chi connectivity index (χ1v) is 7.11. The lowest BCUT2D eigenvalue weighted by Gasteiger charge is -2.23. The fourth-order valence-electron chi connectivity index (χ4n) is 1.75. The van der Waals surface area contributed by atoms with Crippen molar-refractivity contribution in [3.63, 3.8) is 0 Å². The highest BCUT2D eigenvalue weighted by Gasteiger charge is 2.26. The fourth-order valence-corrected chi connectivity index (χ4v) is 1.75. The number of nitrogens with two attached hydrogens (primary N) is 2. The number of carbonyl (C=O) groups excluding carboxylic acids is 2. The van der Waals surface area contributed by atoms with Gasteiger partial charge in [0, 0.05) is 5.92 Å². The van der Waals surface area contributed by atoms with Gasteiger partial charge in [0.15, 0.2) is 5.78 Å². The predicted molar refractivity (Wildman–Crippen MR) is 77.5 cm³/mol. The third-order valence-corrected chi connectivity index (χ3v) is 3.20. The lowest BCUT2D eigenvalue weighted by molar-refractivity contribution is -0.130. The highest BCUT2D eigenvalue weighted by Crippen LogP contribution is 2.09. The van der Waals surface area contributed by atoms with E-state index in [9.17, 15) is 9.59 Å². The van der Waals surface area contributed by atoms with Crippen LogP contribution in [0.15, 0.2) is 0 Å². The molecule has 0 radical (unpaired) electrons. The molecule has 0 rings (SSSR count). The maximum absolute atomic E-state index is 12.1. The number of hydrogen-bond donors (Lipinski definition) is 3. The molecule has 0 heterocycles. The molecule has 0 aliphatic heterocycles. The summed E-state index contributed by atoms with van der Waals surface area (Å²) in [7, 11) is 0. The van der Waals surface area contributed by atoms with Gasteiger partial charge >= 0.3 is 0 Å². The van der Waals surface area contributed by atoms with Crippen molar-refractivity contribution in [2.24, 2.45) is 23.3 Å². The number of amides is 1. The molecule has 0 aromatic heterocycles. The molecule has 0 aromatic carbocycles. The van der Waals surface area contributed by atoms with Crippen molar-refractivity contribution in [2.45, 2.75) is 59.0 Å². The molecule has 5 nitrogen and oxygen atoms in total. The first-order valence-electron chi connectivity index (χ1n) is 7.11. The monoisotopic (exact) mass is 271 g/mol. The highest BCUT2D eigenvalue weighted by atomic mass is 16.2. The Kier molecular flexibility index (Phi) is 8.59. The normalized spacial score (nSPS) is 14.5. The van der Waals surface area contributed by atoms with Crippen molar-refractivity contribution in [3.05, 3.63) is 0 Å². The van der Waals surface area contributed by atoms with E-state index in [1.807, 2.05) is 27.7 Å². The lowest BCUT2D eigenvalue weighted by Crippen LogP contribution is -2.51. The van der Waals surface area contributed by atoms with E-state index in [1.165, 1.54) is 0 Å². The van der Waals surface area contributed by atoms with Crippen molar-refractivity contribution < 1.29 is 9.59 Å². The Balaban J connectivity index is 4.57. The minimum absolute atomic E-state index is 0.0545. The van der Waals surface area contributed by atoms with Crippen LogP contribution in [0.4, 0.5) is 0 Å². The molecule has 0 aliphatic carbocycles. The zero-order valence-electron chi connectivity index (χ0n) is 12.6. The largest absolute Gasteiger partial charge is 0.345 e. The molecule has 5 N–H and O–H groups in total. The van der Waals surface area contributed by atoms with Crippen molar-refractivity contribution in [1.29, 1.82) is 0 Å². The summed E-state index contributed by atoms with van der Waals surface area (Å²) in [6.45, 7) is 8.05. The molecule has 0 bridgehead atoms. The van der Waals surface area contributed by atoms with Gasteiger partial charge < -0.3 is 16.8 Å². The van der Waals surface area contributed by atoms with E-state index in [-0.39, 0.29) is 23.5 Å². The molecule has 112 valence electrons. The second-order valence-corrected chi connectivity index (χ2v) is 5.67. The average Bonchev–Trinajstić information content (AvgIpc) is 2.35. The lowest BCUT2D eigenvalue weighted by atomic mass is 9.96. The summed E-state index contributed by atoms with van der Waals surface area (Å²) < 4.78 is 0. The molecule has 0 aliphatic rings. The molecule has 0 saturated heterocycles. The third kappa shape index (κ3) is 6.68. The van der Waals surface area contributed by atoms with Crippen molar-refractivity contribution in [1.82, 2.24) is 5.32 Å². The number of ketones is 1. The van der Waals surface area contributed by atoms with Gasteiger partial charge in [-0.15, -0.1) is 0 Å². The Labute approximate surface area is 116 Å². The quantitative estimate of drug-likeness (QED) is 0.540. The van der Waals surface area contributed by atoms with Crippen LogP contribution in [0.1, 0.15) is 47.0 Å². The zero-order chi connectivity index (χ0) is 15.0. The maximum Gasteiger partial charge on any atom is 0.237 e. The van der Waals surface area contributed by atoms with Crippen LogP contribution in [0.3, 0.4) is 0 Å². The molecule has 5 heteroatoms. The number of nitrogens with one attached hydrogen (secondary N) is 1. The van der Waals surface area contributed by atoms with Crippen molar-refractivity contribution in [3.8, 4) is 0 Å².